The fourth-order valence-corrected chi connectivity index (χ4v) is 4.19. The first-order valence-corrected chi connectivity index (χ1v) is 8.72. The lowest BCUT2D eigenvalue weighted by molar-refractivity contribution is -0.121. The Morgan fingerprint density at radius 3 is 3.00 bits per heavy atom. The van der Waals surface area contributed by atoms with Crippen molar-refractivity contribution in [1.82, 2.24) is 5.32 Å². The van der Waals surface area contributed by atoms with Crippen LogP contribution in [0.4, 0.5) is 0 Å². The Kier molecular flexibility index (Phi) is 5.39. The monoisotopic (exact) mass is 303 g/mol. The maximum absolute atomic E-state index is 11.8. The molecule has 0 bridgehead atoms. The molecule has 1 saturated carbocycles. The molecule has 2 atom stereocenters. The van der Waals surface area contributed by atoms with Crippen LogP contribution >= 0.6 is 34.7 Å². The standard InChI is InChI=1S/C13H18ClNOS2/c1-17-11-3-2-9(8-11)15-13(16)7-5-10-4-6-12(14)18-10/h4,6,9,11H,2-3,5,7-8H2,1H3,(H,15,16)/t9-,11+/m0/s1. The number of thiophene rings is 1. The van der Waals surface area contributed by atoms with Crippen molar-refractivity contribution in [1.29, 1.82) is 0 Å². The first kappa shape index (κ1) is 14.2. The molecule has 0 unspecified atom stereocenters. The number of rotatable bonds is 5. The van der Waals surface area contributed by atoms with Crippen LogP contribution in [-0.2, 0) is 11.2 Å². The molecule has 2 nitrogen and oxygen atoms in total. The van der Waals surface area contributed by atoms with Crippen molar-refractivity contribution in [3.05, 3.63) is 21.3 Å². The number of carbonyl (C=O) groups excluding carboxylic acids is 1. The summed E-state index contributed by atoms with van der Waals surface area (Å²) in [5.41, 5.74) is 0. The third kappa shape index (κ3) is 4.18. The summed E-state index contributed by atoms with van der Waals surface area (Å²) in [6.07, 6.45) is 6.99. The summed E-state index contributed by atoms with van der Waals surface area (Å²) in [7, 11) is 0. The molecule has 1 fully saturated rings. The van der Waals surface area contributed by atoms with Gasteiger partial charge in [0.2, 0.25) is 5.91 Å². The number of amides is 1. The molecule has 0 spiro atoms. The third-order valence-corrected chi connectivity index (χ3v) is 5.70. The molecule has 1 aromatic rings. The van der Waals surface area contributed by atoms with E-state index in [1.807, 2.05) is 23.9 Å². The normalized spacial score (nSPS) is 23.2. The average molecular weight is 304 g/mol. The Bertz CT molecular complexity index is 407. The zero-order valence-electron chi connectivity index (χ0n) is 10.4. The number of nitrogens with one attached hydrogen (secondary N) is 1. The minimum Gasteiger partial charge on any atom is -0.353 e. The van der Waals surface area contributed by atoms with Gasteiger partial charge in [0.15, 0.2) is 0 Å². The molecule has 18 heavy (non-hydrogen) atoms. The highest BCUT2D eigenvalue weighted by Crippen LogP contribution is 2.28. The number of hydrogen-bond acceptors (Lipinski definition) is 3. The Labute approximate surface area is 121 Å². The molecule has 0 aromatic carbocycles. The number of carbonyl (C=O) groups is 1. The first-order valence-electron chi connectivity index (χ1n) is 6.23. The van der Waals surface area contributed by atoms with Gasteiger partial charge in [-0.05, 0) is 44.1 Å². The van der Waals surface area contributed by atoms with Gasteiger partial charge in [-0.3, -0.25) is 4.79 Å². The van der Waals surface area contributed by atoms with Crippen molar-refractivity contribution >= 4 is 40.6 Å². The number of hydrogen-bond donors (Lipinski definition) is 1. The fourth-order valence-electron chi connectivity index (χ4n) is 2.31. The van der Waals surface area contributed by atoms with E-state index in [1.165, 1.54) is 11.3 Å². The highest BCUT2D eigenvalue weighted by molar-refractivity contribution is 7.99. The number of halogens is 1. The van der Waals surface area contributed by atoms with E-state index >= 15 is 0 Å². The Hall–Kier alpha value is -0.190. The zero-order chi connectivity index (χ0) is 13.0. The van der Waals surface area contributed by atoms with Crippen LogP contribution < -0.4 is 5.32 Å². The molecule has 1 aromatic heterocycles. The predicted octanol–water partition coefficient (Wildman–Crippen LogP) is 3.73. The second-order valence-electron chi connectivity index (χ2n) is 4.64. The third-order valence-electron chi connectivity index (χ3n) is 3.31. The smallest absolute Gasteiger partial charge is 0.220 e. The average Bonchev–Trinajstić information content (AvgIpc) is 2.95. The Balaban J connectivity index is 1.69. The van der Waals surface area contributed by atoms with E-state index in [1.54, 1.807) is 11.3 Å². The minimum absolute atomic E-state index is 0.172. The van der Waals surface area contributed by atoms with Crippen molar-refractivity contribution < 1.29 is 4.79 Å². The molecule has 0 aliphatic heterocycles. The first-order chi connectivity index (χ1) is 8.67. The molecule has 100 valence electrons. The molecular weight excluding hydrogens is 286 g/mol. The summed E-state index contributed by atoms with van der Waals surface area (Å²) in [5, 5.41) is 3.87. The van der Waals surface area contributed by atoms with Crippen molar-refractivity contribution in [2.45, 2.75) is 43.4 Å². The zero-order valence-corrected chi connectivity index (χ0v) is 12.8. The van der Waals surface area contributed by atoms with Gasteiger partial charge < -0.3 is 5.32 Å². The molecule has 5 heteroatoms. The van der Waals surface area contributed by atoms with E-state index in [-0.39, 0.29) is 5.91 Å². The Morgan fingerprint density at radius 2 is 2.39 bits per heavy atom. The van der Waals surface area contributed by atoms with Crippen molar-refractivity contribution in [3.8, 4) is 0 Å². The van der Waals surface area contributed by atoms with Crippen molar-refractivity contribution in [2.75, 3.05) is 6.26 Å². The maximum Gasteiger partial charge on any atom is 0.220 e. The van der Waals surface area contributed by atoms with Gasteiger partial charge in [-0.15, -0.1) is 11.3 Å². The lowest BCUT2D eigenvalue weighted by Gasteiger charge is -2.12. The van der Waals surface area contributed by atoms with Crippen LogP contribution in [0.15, 0.2) is 12.1 Å². The van der Waals surface area contributed by atoms with E-state index in [2.05, 4.69) is 11.6 Å². The van der Waals surface area contributed by atoms with Gasteiger partial charge in [0, 0.05) is 22.6 Å². The molecule has 0 radical (unpaired) electrons. The SMILES string of the molecule is CS[C@@H]1CC[C@H](NC(=O)CCc2ccc(Cl)s2)C1. The van der Waals surface area contributed by atoms with Gasteiger partial charge in [0.1, 0.15) is 0 Å². The molecule has 1 aliphatic carbocycles. The summed E-state index contributed by atoms with van der Waals surface area (Å²) in [6, 6.07) is 4.28. The highest BCUT2D eigenvalue weighted by Gasteiger charge is 2.24. The van der Waals surface area contributed by atoms with Crippen LogP contribution in [0.5, 0.6) is 0 Å². The van der Waals surface area contributed by atoms with E-state index in [9.17, 15) is 4.79 Å². The van der Waals surface area contributed by atoms with Crippen LogP contribution in [0, 0.1) is 0 Å². The molecular formula is C13H18ClNOS2. The van der Waals surface area contributed by atoms with Crippen LogP contribution in [-0.4, -0.2) is 23.5 Å². The quantitative estimate of drug-likeness (QED) is 0.898. The second kappa shape index (κ2) is 6.83. The van der Waals surface area contributed by atoms with Gasteiger partial charge in [0.25, 0.3) is 0 Å². The lowest BCUT2D eigenvalue weighted by Crippen LogP contribution is -2.33. The van der Waals surface area contributed by atoms with Gasteiger partial charge in [-0.2, -0.15) is 11.8 Å². The number of thioether (sulfide) groups is 1. The Morgan fingerprint density at radius 1 is 1.56 bits per heavy atom. The molecule has 1 aliphatic rings. The summed E-state index contributed by atoms with van der Waals surface area (Å²) in [6.45, 7) is 0. The van der Waals surface area contributed by atoms with E-state index in [4.69, 9.17) is 11.6 Å². The van der Waals surface area contributed by atoms with Gasteiger partial charge in [-0.25, -0.2) is 0 Å². The van der Waals surface area contributed by atoms with E-state index < -0.39 is 0 Å². The van der Waals surface area contributed by atoms with Gasteiger partial charge >= 0.3 is 0 Å². The predicted molar refractivity (Wildman–Crippen MR) is 80.7 cm³/mol. The summed E-state index contributed by atoms with van der Waals surface area (Å²) in [4.78, 5) is 13.0. The largest absolute Gasteiger partial charge is 0.353 e. The summed E-state index contributed by atoms with van der Waals surface area (Å²) >= 11 is 9.33. The molecule has 0 saturated heterocycles. The summed E-state index contributed by atoms with van der Waals surface area (Å²) < 4.78 is 0.795. The molecule has 1 amide bonds. The minimum atomic E-state index is 0.172. The maximum atomic E-state index is 11.8. The van der Waals surface area contributed by atoms with Crippen LogP contribution in [0.2, 0.25) is 4.34 Å². The van der Waals surface area contributed by atoms with Crippen molar-refractivity contribution in [2.24, 2.45) is 0 Å². The number of aryl methyl sites for hydroxylation is 1. The van der Waals surface area contributed by atoms with Crippen LogP contribution in [0.25, 0.3) is 0 Å². The van der Waals surface area contributed by atoms with Gasteiger partial charge in [-0.1, -0.05) is 11.6 Å². The molecule has 1 N–H and O–H groups in total. The second-order valence-corrected chi connectivity index (χ2v) is 7.58. The molecule has 2 rings (SSSR count). The highest BCUT2D eigenvalue weighted by atomic mass is 35.5. The lowest BCUT2D eigenvalue weighted by atomic mass is 10.2. The van der Waals surface area contributed by atoms with E-state index in [0.717, 1.165) is 28.8 Å². The molecule has 1 heterocycles. The van der Waals surface area contributed by atoms with Crippen LogP contribution in [0.1, 0.15) is 30.6 Å². The van der Waals surface area contributed by atoms with Gasteiger partial charge in [0.05, 0.1) is 4.34 Å². The van der Waals surface area contributed by atoms with E-state index in [0.29, 0.717) is 12.5 Å². The van der Waals surface area contributed by atoms with Crippen molar-refractivity contribution in [3.63, 3.8) is 0 Å². The topological polar surface area (TPSA) is 29.1 Å². The fraction of sp³-hybridized carbons (Fsp3) is 0.615. The van der Waals surface area contributed by atoms with Crippen LogP contribution in [0.3, 0.4) is 0 Å². The summed E-state index contributed by atoms with van der Waals surface area (Å²) in [5.74, 6) is 0.172.